The van der Waals surface area contributed by atoms with Crippen LogP contribution in [0.4, 0.5) is 5.69 Å². The normalized spacial score (nSPS) is 10.1. The fourth-order valence-corrected chi connectivity index (χ4v) is 2.13. The highest BCUT2D eigenvalue weighted by Gasteiger charge is 2.09. The monoisotopic (exact) mass is 296 g/mol. The quantitative estimate of drug-likeness (QED) is 0.911. The minimum atomic E-state index is -0.172. The molecule has 0 aliphatic rings. The van der Waals surface area contributed by atoms with Gasteiger partial charge in [-0.2, -0.15) is 0 Å². The van der Waals surface area contributed by atoms with Crippen molar-refractivity contribution in [2.75, 3.05) is 12.4 Å². The second-order valence-electron chi connectivity index (χ2n) is 5.32. The standard InChI is InChI=1S/C18H20N2O2/c1-12-4-7-14(8-5-12)10-17(21)20-16-11-15(18(22)19-3)9-6-13(16)2/h4-9,11H,10H2,1-3H3,(H,19,22)(H,20,21). The number of rotatable bonds is 4. The third kappa shape index (κ3) is 3.95. The van der Waals surface area contributed by atoms with Crippen molar-refractivity contribution in [3.8, 4) is 0 Å². The number of carbonyl (C=O) groups is 2. The Morgan fingerprint density at radius 3 is 2.32 bits per heavy atom. The van der Waals surface area contributed by atoms with E-state index >= 15 is 0 Å². The molecule has 4 heteroatoms. The minimum Gasteiger partial charge on any atom is -0.355 e. The zero-order valence-corrected chi connectivity index (χ0v) is 13.1. The van der Waals surface area contributed by atoms with Gasteiger partial charge in [-0.25, -0.2) is 0 Å². The summed E-state index contributed by atoms with van der Waals surface area (Å²) in [5.41, 5.74) is 4.24. The van der Waals surface area contributed by atoms with Crippen LogP contribution in [-0.2, 0) is 11.2 Å². The summed E-state index contributed by atoms with van der Waals surface area (Å²) in [6.07, 6.45) is 0.309. The van der Waals surface area contributed by atoms with E-state index in [9.17, 15) is 9.59 Å². The van der Waals surface area contributed by atoms with E-state index in [1.54, 1.807) is 19.2 Å². The van der Waals surface area contributed by atoms with Gasteiger partial charge in [0.15, 0.2) is 0 Å². The van der Waals surface area contributed by atoms with Gasteiger partial charge in [-0.3, -0.25) is 9.59 Å². The van der Waals surface area contributed by atoms with Crippen LogP contribution in [-0.4, -0.2) is 18.9 Å². The first kappa shape index (κ1) is 15.8. The van der Waals surface area contributed by atoms with E-state index in [0.717, 1.165) is 11.1 Å². The molecule has 2 N–H and O–H groups in total. The summed E-state index contributed by atoms with van der Waals surface area (Å²) >= 11 is 0. The van der Waals surface area contributed by atoms with Crippen molar-refractivity contribution in [2.45, 2.75) is 20.3 Å². The zero-order chi connectivity index (χ0) is 16.1. The number of anilines is 1. The number of carbonyl (C=O) groups excluding carboxylic acids is 2. The van der Waals surface area contributed by atoms with Crippen LogP contribution in [0.25, 0.3) is 0 Å². The van der Waals surface area contributed by atoms with Crippen LogP contribution in [0.1, 0.15) is 27.0 Å². The molecule has 0 saturated carbocycles. The van der Waals surface area contributed by atoms with Crippen molar-refractivity contribution in [1.82, 2.24) is 5.32 Å². The van der Waals surface area contributed by atoms with E-state index in [2.05, 4.69) is 10.6 Å². The molecule has 0 fully saturated rings. The van der Waals surface area contributed by atoms with Crippen molar-refractivity contribution in [3.63, 3.8) is 0 Å². The first-order valence-corrected chi connectivity index (χ1v) is 7.17. The van der Waals surface area contributed by atoms with Crippen molar-refractivity contribution >= 4 is 17.5 Å². The fourth-order valence-electron chi connectivity index (χ4n) is 2.13. The van der Waals surface area contributed by atoms with Gasteiger partial charge in [0.05, 0.1) is 6.42 Å². The van der Waals surface area contributed by atoms with Gasteiger partial charge in [0.25, 0.3) is 5.91 Å². The van der Waals surface area contributed by atoms with Gasteiger partial charge in [-0.1, -0.05) is 35.9 Å². The average Bonchev–Trinajstić information content (AvgIpc) is 2.51. The first-order valence-electron chi connectivity index (χ1n) is 7.17. The summed E-state index contributed by atoms with van der Waals surface area (Å²) < 4.78 is 0. The number of nitrogens with one attached hydrogen (secondary N) is 2. The summed E-state index contributed by atoms with van der Waals surface area (Å²) in [4.78, 5) is 23.8. The summed E-state index contributed by atoms with van der Waals surface area (Å²) in [6.45, 7) is 3.91. The van der Waals surface area contributed by atoms with Gasteiger partial charge in [0, 0.05) is 18.3 Å². The van der Waals surface area contributed by atoms with Crippen LogP contribution in [0.5, 0.6) is 0 Å². The van der Waals surface area contributed by atoms with E-state index in [1.165, 1.54) is 5.56 Å². The van der Waals surface area contributed by atoms with Crippen LogP contribution in [0.3, 0.4) is 0 Å². The second-order valence-corrected chi connectivity index (χ2v) is 5.32. The van der Waals surface area contributed by atoms with Gasteiger partial charge in [-0.05, 0) is 37.1 Å². The largest absolute Gasteiger partial charge is 0.355 e. The highest BCUT2D eigenvalue weighted by Crippen LogP contribution is 2.17. The van der Waals surface area contributed by atoms with Crippen LogP contribution in [0.2, 0.25) is 0 Å². The molecule has 2 amide bonds. The Kier molecular flexibility index (Phi) is 4.94. The maximum absolute atomic E-state index is 12.2. The Balaban J connectivity index is 2.10. The van der Waals surface area contributed by atoms with E-state index in [1.807, 2.05) is 44.2 Å². The number of hydrogen-bond donors (Lipinski definition) is 2. The number of aryl methyl sites for hydroxylation is 2. The molecule has 22 heavy (non-hydrogen) atoms. The third-order valence-electron chi connectivity index (χ3n) is 3.49. The molecule has 0 atom stereocenters. The van der Waals surface area contributed by atoms with Crippen LogP contribution < -0.4 is 10.6 Å². The molecule has 0 unspecified atom stereocenters. The van der Waals surface area contributed by atoms with Crippen LogP contribution in [0, 0.1) is 13.8 Å². The Hall–Kier alpha value is -2.62. The molecule has 0 bridgehead atoms. The van der Waals surface area contributed by atoms with Gasteiger partial charge < -0.3 is 10.6 Å². The van der Waals surface area contributed by atoms with E-state index < -0.39 is 0 Å². The molecular weight excluding hydrogens is 276 g/mol. The molecule has 0 aliphatic heterocycles. The molecule has 0 radical (unpaired) electrons. The Labute approximate surface area is 130 Å². The van der Waals surface area contributed by atoms with Crippen molar-refractivity contribution in [1.29, 1.82) is 0 Å². The maximum atomic E-state index is 12.2. The summed E-state index contributed by atoms with van der Waals surface area (Å²) in [7, 11) is 1.58. The molecule has 4 nitrogen and oxygen atoms in total. The number of hydrogen-bond acceptors (Lipinski definition) is 2. The topological polar surface area (TPSA) is 58.2 Å². The number of benzene rings is 2. The van der Waals surface area contributed by atoms with E-state index in [0.29, 0.717) is 17.7 Å². The molecule has 0 aromatic heterocycles. The molecule has 0 aliphatic carbocycles. The highest BCUT2D eigenvalue weighted by atomic mass is 16.2. The van der Waals surface area contributed by atoms with Crippen molar-refractivity contribution < 1.29 is 9.59 Å². The molecule has 2 aromatic carbocycles. The molecule has 0 spiro atoms. The maximum Gasteiger partial charge on any atom is 0.251 e. The Morgan fingerprint density at radius 1 is 1.00 bits per heavy atom. The van der Waals surface area contributed by atoms with Gasteiger partial charge in [-0.15, -0.1) is 0 Å². The molecular formula is C18H20N2O2. The SMILES string of the molecule is CNC(=O)c1ccc(C)c(NC(=O)Cc2ccc(C)cc2)c1. The smallest absolute Gasteiger partial charge is 0.251 e. The summed E-state index contributed by atoms with van der Waals surface area (Å²) in [6, 6.07) is 13.1. The summed E-state index contributed by atoms with van der Waals surface area (Å²) in [5, 5.41) is 5.45. The Morgan fingerprint density at radius 2 is 1.68 bits per heavy atom. The predicted octanol–water partition coefficient (Wildman–Crippen LogP) is 2.84. The second kappa shape index (κ2) is 6.89. The fraction of sp³-hybridized carbons (Fsp3) is 0.222. The molecule has 0 heterocycles. The van der Waals surface area contributed by atoms with E-state index in [4.69, 9.17) is 0 Å². The highest BCUT2D eigenvalue weighted by molar-refractivity contribution is 5.98. The molecule has 2 rings (SSSR count). The lowest BCUT2D eigenvalue weighted by atomic mass is 10.1. The molecule has 114 valence electrons. The van der Waals surface area contributed by atoms with E-state index in [-0.39, 0.29) is 11.8 Å². The van der Waals surface area contributed by atoms with Crippen LogP contribution >= 0.6 is 0 Å². The third-order valence-corrected chi connectivity index (χ3v) is 3.49. The lowest BCUT2D eigenvalue weighted by Gasteiger charge is -2.10. The average molecular weight is 296 g/mol. The minimum absolute atomic E-state index is 0.0963. The molecule has 0 saturated heterocycles. The van der Waals surface area contributed by atoms with Gasteiger partial charge >= 0.3 is 0 Å². The van der Waals surface area contributed by atoms with Crippen molar-refractivity contribution in [2.24, 2.45) is 0 Å². The zero-order valence-electron chi connectivity index (χ0n) is 13.1. The Bertz CT molecular complexity index is 691. The number of amides is 2. The first-order chi connectivity index (χ1) is 10.5. The van der Waals surface area contributed by atoms with Crippen molar-refractivity contribution in [3.05, 3.63) is 64.7 Å². The van der Waals surface area contributed by atoms with Crippen LogP contribution in [0.15, 0.2) is 42.5 Å². The lowest BCUT2D eigenvalue weighted by molar-refractivity contribution is -0.115. The van der Waals surface area contributed by atoms with Gasteiger partial charge in [0.2, 0.25) is 5.91 Å². The lowest BCUT2D eigenvalue weighted by Crippen LogP contribution is -2.19. The summed E-state index contributed by atoms with van der Waals surface area (Å²) in [5.74, 6) is -0.268. The van der Waals surface area contributed by atoms with Gasteiger partial charge in [0.1, 0.15) is 0 Å². The predicted molar refractivity (Wildman–Crippen MR) is 88.1 cm³/mol. The molecule has 2 aromatic rings.